The van der Waals surface area contributed by atoms with E-state index in [9.17, 15) is 9.59 Å². The van der Waals surface area contributed by atoms with Crippen molar-refractivity contribution in [2.24, 2.45) is 0 Å². The Morgan fingerprint density at radius 3 is 2.44 bits per heavy atom. The molecule has 142 valence electrons. The Labute approximate surface area is 163 Å². The van der Waals surface area contributed by atoms with E-state index in [2.05, 4.69) is 5.32 Å². The third kappa shape index (κ3) is 5.23. The number of carbonyl (C=O) groups excluding carboxylic acids is 2. The summed E-state index contributed by atoms with van der Waals surface area (Å²) in [5.74, 6) is -0.559. The molecule has 0 radical (unpaired) electrons. The van der Waals surface area contributed by atoms with Gasteiger partial charge in [-0.2, -0.15) is 0 Å². The molecule has 2 aromatic rings. The Bertz CT molecular complexity index is 815. The van der Waals surface area contributed by atoms with Crippen LogP contribution < -0.4 is 11.1 Å². The number of halogens is 1. The van der Waals surface area contributed by atoms with Crippen LogP contribution in [0, 0.1) is 0 Å². The molecule has 5 nitrogen and oxygen atoms in total. The van der Waals surface area contributed by atoms with Crippen LogP contribution in [0.5, 0.6) is 0 Å². The second-order valence-corrected chi connectivity index (χ2v) is 7.21. The molecule has 0 heterocycles. The average molecular weight is 387 g/mol. The van der Waals surface area contributed by atoms with E-state index in [1.165, 1.54) is 6.42 Å². The fourth-order valence-corrected chi connectivity index (χ4v) is 3.36. The summed E-state index contributed by atoms with van der Waals surface area (Å²) < 4.78 is 5.56. The smallest absolute Gasteiger partial charge is 0.338 e. The lowest BCUT2D eigenvalue weighted by Crippen LogP contribution is -2.24. The van der Waals surface area contributed by atoms with E-state index in [-0.39, 0.29) is 18.0 Å². The zero-order chi connectivity index (χ0) is 19.2. The highest BCUT2D eigenvalue weighted by atomic mass is 35.5. The van der Waals surface area contributed by atoms with Crippen molar-refractivity contribution in [2.45, 2.75) is 44.8 Å². The summed E-state index contributed by atoms with van der Waals surface area (Å²) in [6.07, 6.45) is 5.39. The maximum atomic E-state index is 12.2. The molecule has 0 bridgehead atoms. The molecule has 0 unspecified atom stereocenters. The fraction of sp³-hybridized carbons (Fsp3) is 0.333. The van der Waals surface area contributed by atoms with Gasteiger partial charge in [0.1, 0.15) is 6.10 Å². The van der Waals surface area contributed by atoms with E-state index >= 15 is 0 Å². The molecule has 1 saturated carbocycles. The van der Waals surface area contributed by atoms with Crippen LogP contribution in [0.15, 0.2) is 42.5 Å². The Balaban J connectivity index is 1.54. The predicted molar refractivity (Wildman–Crippen MR) is 106 cm³/mol. The number of hydrogen-bond acceptors (Lipinski definition) is 4. The van der Waals surface area contributed by atoms with Crippen molar-refractivity contribution in [1.82, 2.24) is 5.32 Å². The van der Waals surface area contributed by atoms with E-state index in [0.29, 0.717) is 28.4 Å². The number of nitrogens with one attached hydrogen (secondary N) is 1. The Hall–Kier alpha value is -2.53. The standard InChI is InChI=1S/C21H23ClN2O3/c22-16-10-11-18(19(23)12-16)20(25)24-13-14-6-8-15(9-7-14)21(26)27-17-4-2-1-3-5-17/h6-12,17H,1-5,13,23H2,(H,24,25). The van der Waals surface area contributed by atoms with Crippen molar-refractivity contribution in [3.8, 4) is 0 Å². The van der Waals surface area contributed by atoms with Gasteiger partial charge in [-0.1, -0.05) is 30.2 Å². The largest absolute Gasteiger partial charge is 0.459 e. The summed E-state index contributed by atoms with van der Waals surface area (Å²) in [6, 6.07) is 11.8. The molecule has 1 fully saturated rings. The summed E-state index contributed by atoms with van der Waals surface area (Å²) in [5, 5.41) is 3.30. The highest BCUT2D eigenvalue weighted by molar-refractivity contribution is 6.31. The number of anilines is 1. The molecular weight excluding hydrogens is 364 g/mol. The molecule has 1 amide bonds. The minimum absolute atomic E-state index is 0.0371. The van der Waals surface area contributed by atoms with Crippen molar-refractivity contribution < 1.29 is 14.3 Å². The van der Waals surface area contributed by atoms with E-state index in [0.717, 1.165) is 31.2 Å². The van der Waals surface area contributed by atoms with Gasteiger partial charge in [-0.05, 0) is 61.6 Å². The Morgan fingerprint density at radius 1 is 1.07 bits per heavy atom. The summed E-state index contributed by atoms with van der Waals surface area (Å²) in [5.41, 5.74) is 7.95. The van der Waals surface area contributed by atoms with E-state index in [1.807, 2.05) is 12.1 Å². The second-order valence-electron chi connectivity index (χ2n) is 6.78. The van der Waals surface area contributed by atoms with Crippen LogP contribution in [0.4, 0.5) is 5.69 Å². The summed E-state index contributed by atoms with van der Waals surface area (Å²) in [4.78, 5) is 24.5. The molecule has 3 rings (SSSR count). The van der Waals surface area contributed by atoms with Crippen molar-refractivity contribution in [3.63, 3.8) is 0 Å². The predicted octanol–water partition coefficient (Wildman–Crippen LogP) is 4.34. The van der Waals surface area contributed by atoms with Gasteiger partial charge >= 0.3 is 5.97 Å². The average Bonchev–Trinajstić information content (AvgIpc) is 2.67. The van der Waals surface area contributed by atoms with Gasteiger partial charge < -0.3 is 15.8 Å². The van der Waals surface area contributed by atoms with Crippen molar-refractivity contribution in [2.75, 3.05) is 5.73 Å². The van der Waals surface area contributed by atoms with Crippen molar-refractivity contribution in [1.29, 1.82) is 0 Å². The van der Waals surface area contributed by atoms with Gasteiger partial charge in [0.25, 0.3) is 5.91 Å². The molecular formula is C21H23ClN2O3. The van der Waals surface area contributed by atoms with E-state index in [1.54, 1.807) is 30.3 Å². The van der Waals surface area contributed by atoms with Gasteiger partial charge in [-0.25, -0.2) is 4.79 Å². The molecule has 3 N–H and O–H groups in total. The molecule has 0 saturated heterocycles. The first kappa shape index (κ1) is 19.2. The molecule has 0 spiro atoms. The van der Waals surface area contributed by atoms with Crippen LogP contribution in [0.1, 0.15) is 58.4 Å². The number of nitrogens with two attached hydrogens (primary N) is 1. The zero-order valence-electron chi connectivity index (χ0n) is 15.0. The topological polar surface area (TPSA) is 81.4 Å². The molecule has 1 aliphatic rings. The normalized spacial score (nSPS) is 14.6. The molecule has 0 atom stereocenters. The maximum Gasteiger partial charge on any atom is 0.338 e. The highest BCUT2D eigenvalue weighted by Crippen LogP contribution is 2.22. The second kappa shape index (κ2) is 8.91. The van der Waals surface area contributed by atoms with E-state index < -0.39 is 0 Å². The molecule has 27 heavy (non-hydrogen) atoms. The Kier molecular flexibility index (Phi) is 6.35. The van der Waals surface area contributed by atoms with Crippen molar-refractivity contribution in [3.05, 3.63) is 64.2 Å². The summed E-state index contributed by atoms with van der Waals surface area (Å²) in [7, 11) is 0. The van der Waals surface area contributed by atoms with Crippen LogP contribution in [-0.2, 0) is 11.3 Å². The van der Waals surface area contributed by atoms with Gasteiger partial charge in [0.2, 0.25) is 0 Å². The first-order valence-corrected chi connectivity index (χ1v) is 9.54. The lowest BCUT2D eigenvalue weighted by atomic mass is 9.98. The SMILES string of the molecule is Nc1cc(Cl)ccc1C(=O)NCc1ccc(C(=O)OC2CCCCC2)cc1. The molecule has 0 aromatic heterocycles. The number of benzene rings is 2. The van der Waals surface area contributed by atoms with Gasteiger partial charge in [-0.3, -0.25) is 4.79 Å². The zero-order valence-corrected chi connectivity index (χ0v) is 15.8. The van der Waals surface area contributed by atoms with Crippen LogP contribution in [-0.4, -0.2) is 18.0 Å². The van der Waals surface area contributed by atoms with Gasteiger partial charge in [0.15, 0.2) is 0 Å². The minimum Gasteiger partial charge on any atom is -0.459 e. The number of amides is 1. The van der Waals surface area contributed by atoms with E-state index in [4.69, 9.17) is 22.1 Å². The number of rotatable bonds is 5. The van der Waals surface area contributed by atoms with Gasteiger partial charge in [0.05, 0.1) is 11.1 Å². The molecule has 2 aromatic carbocycles. The first-order chi connectivity index (χ1) is 13.0. The minimum atomic E-state index is -0.286. The third-order valence-corrected chi connectivity index (χ3v) is 4.96. The highest BCUT2D eigenvalue weighted by Gasteiger charge is 2.18. The van der Waals surface area contributed by atoms with Crippen LogP contribution in [0.25, 0.3) is 0 Å². The molecule has 1 aliphatic carbocycles. The lowest BCUT2D eigenvalue weighted by Gasteiger charge is -2.21. The van der Waals surface area contributed by atoms with Crippen LogP contribution in [0.2, 0.25) is 5.02 Å². The third-order valence-electron chi connectivity index (χ3n) is 4.73. The molecule has 0 aliphatic heterocycles. The molecule has 6 heteroatoms. The van der Waals surface area contributed by atoms with Gasteiger partial charge in [0, 0.05) is 17.3 Å². The Morgan fingerprint density at radius 2 is 1.78 bits per heavy atom. The first-order valence-electron chi connectivity index (χ1n) is 9.16. The lowest BCUT2D eigenvalue weighted by molar-refractivity contribution is 0.0211. The number of nitrogen functional groups attached to an aromatic ring is 1. The number of carbonyl (C=O) groups is 2. The number of hydrogen-bond donors (Lipinski definition) is 2. The van der Waals surface area contributed by atoms with Crippen LogP contribution >= 0.6 is 11.6 Å². The maximum absolute atomic E-state index is 12.2. The summed E-state index contributed by atoms with van der Waals surface area (Å²) >= 11 is 5.85. The number of ether oxygens (including phenoxy) is 1. The van der Waals surface area contributed by atoms with Gasteiger partial charge in [-0.15, -0.1) is 0 Å². The van der Waals surface area contributed by atoms with Crippen LogP contribution in [0.3, 0.4) is 0 Å². The quantitative estimate of drug-likeness (QED) is 0.591. The number of esters is 1. The van der Waals surface area contributed by atoms with Crippen molar-refractivity contribution >= 4 is 29.2 Å². The monoisotopic (exact) mass is 386 g/mol. The fourth-order valence-electron chi connectivity index (χ4n) is 3.18. The summed E-state index contributed by atoms with van der Waals surface area (Å²) in [6.45, 7) is 0.332.